The lowest BCUT2D eigenvalue weighted by molar-refractivity contribution is 0.0905. The molecule has 1 aromatic heterocycles. The molecule has 8 heteroatoms. The van der Waals surface area contributed by atoms with Crippen molar-refractivity contribution in [2.75, 3.05) is 20.3 Å². The number of aromatic nitrogens is 4. The highest BCUT2D eigenvalue weighted by molar-refractivity contribution is 5.96. The molecule has 158 valence electrons. The van der Waals surface area contributed by atoms with Crippen molar-refractivity contribution in [3.63, 3.8) is 0 Å². The summed E-state index contributed by atoms with van der Waals surface area (Å²) in [6.45, 7) is 7.12. The fourth-order valence-electron chi connectivity index (χ4n) is 3.07. The Balaban J connectivity index is 2.03. The van der Waals surface area contributed by atoms with Crippen LogP contribution in [0.4, 0.5) is 0 Å². The summed E-state index contributed by atoms with van der Waals surface area (Å²) in [5.74, 6) is 0.381. The molecule has 0 fully saturated rings. The fraction of sp³-hybridized carbons (Fsp3) is 0.364. The van der Waals surface area contributed by atoms with Gasteiger partial charge in [-0.15, -0.1) is 5.10 Å². The van der Waals surface area contributed by atoms with Crippen LogP contribution in [0.5, 0.6) is 0 Å². The van der Waals surface area contributed by atoms with E-state index in [4.69, 9.17) is 9.47 Å². The first kappa shape index (κ1) is 21.6. The maximum Gasteiger partial charge on any atom is 0.251 e. The van der Waals surface area contributed by atoms with Gasteiger partial charge in [0.25, 0.3) is 5.91 Å². The smallest absolute Gasteiger partial charge is 0.251 e. The van der Waals surface area contributed by atoms with Gasteiger partial charge in [0, 0.05) is 25.3 Å². The molecule has 1 heterocycles. The first-order valence-electron chi connectivity index (χ1n) is 9.89. The second-order valence-electron chi connectivity index (χ2n) is 7.11. The summed E-state index contributed by atoms with van der Waals surface area (Å²) >= 11 is 0. The first-order chi connectivity index (χ1) is 14.5. The zero-order valence-corrected chi connectivity index (χ0v) is 17.8. The quantitative estimate of drug-likeness (QED) is 0.584. The minimum absolute atomic E-state index is 0.115. The maximum absolute atomic E-state index is 12.9. The number of methoxy groups -OCH3 is 1. The third kappa shape index (κ3) is 5.28. The summed E-state index contributed by atoms with van der Waals surface area (Å²) in [7, 11) is 1.61. The van der Waals surface area contributed by atoms with Crippen LogP contribution in [0, 0.1) is 6.92 Å². The topological polar surface area (TPSA) is 91.2 Å². The highest BCUT2D eigenvalue weighted by Crippen LogP contribution is 2.25. The number of nitrogens with one attached hydrogen (secondary N) is 1. The lowest BCUT2D eigenvalue weighted by Crippen LogP contribution is -2.35. The van der Waals surface area contributed by atoms with E-state index in [0.29, 0.717) is 30.3 Å². The Labute approximate surface area is 176 Å². The number of hydrogen-bond donors (Lipinski definition) is 1. The molecule has 0 saturated carbocycles. The number of amides is 1. The van der Waals surface area contributed by atoms with Gasteiger partial charge in [0.15, 0.2) is 5.82 Å². The number of carbonyl (C=O) groups excluding carboxylic acids is 1. The lowest BCUT2D eigenvalue weighted by Gasteiger charge is -2.15. The Morgan fingerprint density at radius 3 is 2.63 bits per heavy atom. The van der Waals surface area contributed by atoms with Crippen LogP contribution in [-0.4, -0.2) is 52.5 Å². The number of ether oxygens (including phenoxy) is 2. The number of benzene rings is 2. The van der Waals surface area contributed by atoms with E-state index in [0.717, 1.165) is 11.1 Å². The van der Waals surface area contributed by atoms with Crippen molar-refractivity contribution < 1.29 is 14.3 Å². The Morgan fingerprint density at radius 2 is 1.93 bits per heavy atom. The molecule has 0 bridgehead atoms. The van der Waals surface area contributed by atoms with Crippen molar-refractivity contribution in [2.24, 2.45) is 0 Å². The molecule has 0 spiro atoms. The highest BCUT2D eigenvalue weighted by Gasteiger charge is 2.16. The minimum atomic E-state index is -0.186. The van der Waals surface area contributed by atoms with E-state index in [-0.39, 0.29) is 18.6 Å². The van der Waals surface area contributed by atoms with Crippen LogP contribution in [0.25, 0.3) is 16.8 Å². The Morgan fingerprint density at radius 1 is 1.17 bits per heavy atom. The summed E-state index contributed by atoms with van der Waals surface area (Å²) in [4.78, 5) is 12.9. The van der Waals surface area contributed by atoms with E-state index in [1.54, 1.807) is 17.9 Å². The molecule has 8 nitrogen and oxygen atoms in total. The van der Waals surface area contributed by atoms with Crippen molar-refractivity contribution >= 4 is 5.91 Å². The Bertz CT molecular complexity index is 985. The predicted molar refractivity (Wildman–Crippen MR) is 113 cm³/mol. The van der Waals surface area contributed by atoms with Gasteiger partial charge in [-0.25, -0.2) is 0 Å². The normalized spacial score (nSPS) is 12.0. The SMILES string of the molecule is CCOCc1nnnn1-c1cc(C(=O)NC(C)COC)cc(-c2ccc(C)cc2)c1. The molecule has 3 aromatic rings. The van der Waals surface area contributed by atoms with Crippen LogP contribution in [0.1, 0.15) is 35.6 Å². The molecule has 1 N–H and O–H groups in total. The van der Waals surface area contributed by atoms with Crippen LogP contribution in [0.15, 0.2) is 42.5 Å². The van der Waals surface area contributed by atoms with Crippen LogP contribution in [0.3, 0.4) is 0 Å². The molecule has 1 atom stereocenters. The zero-order valence-electron chi connectivity index (χ0n) is 17.8. The summed E-state index contributed by atoms with van der Waals surface area (Å²) in [6.07, 6.45) is 0. The monoisotopic (exact) mass is 409 g/mol. The highest BCUT2D eigenvalue weighted by atomic mass is 16.5. The summed E-state index contributed by atoms with van der Waals surface area (Å²) in [6, 6.07) is 13.6. The number of rotatable bonds is 9. The Kier molecular flexibility index (Phi) is 7.26. The van der Waals surface area contributed by atoms with Gasteiger partial charge in [-0.3, -0.25) is 4.79 Å². The molecule has 2 aromatic carbocycles. The van der Waals surface area contributed by atoms with Crippen molar-refractivity contribution in [1.29, 1.82) is 0 Å². The Hall–Kier alpha value is -3.10. The molecule has 1 amide bonds. The average Bonchev–Trinajstić information content (AvgIpc) is 3.21. The zero-order chi connectivity index (χ0) is 21.5. The van der Waals surface area contributed by atoms with E-state index in [1.165, 1.54) is 5.56 Å². The number of nitrogens with zero attached hydrogens (tertiary/aromatic N) is 4. The predicted octanol–water partition coefficient (Wildman–Crippen LogP) is 2.94. The van der Waals surface area contributed by atoms with Crippen molar-refractivity contribution in [3.05, 3.63) is 59.4 Å². The van der Waals surface area contributed by atoms with Crippen LogP contribution >= 0.6 is 0 Å². The van der Waals surface area contributed by atoms with Gasteiger partial charge < -0.3 is 14.8 Å². The number of aryl methyl sites for hydroxylation is 1. The number of hydrogen-bond acceptors (Lipinski definition) is 6. The second kappa shape index (κ2) is 10.1. The van der Waals surface area contributed by atoms with Gasteiger partial charge in [0.05, 0.1) is 12.3 Å². The summed E-state index contributed by atoms with van der Waals surface area (Å²) in [5, 5.41) is 14.9. The van der Waals surface area contributed by atoms with Crippen LogP contribution in [0.2, 0.25) is 0 Å². The minimum Gasteiger partial charge on any atom is -0.383 e. The maximum atomic E-state index is 12.9. The van der Waals surface area contributed by atoms with Gasteiger partial charge in [-0.1, -0.05) is 29.8 Å². The first-order valence-corrected chi connectivity index (χ1v) is 9.89. The molecule has 0 radical (unpaired) electrons. The van der Waals surface area contributed by atoms with E-state index in [1.807, 2.05) is 57.2 Å². The fourth-order valence-corrected chi connectivity index (χ4v) is 3.07. The van der Waals surface area contributed by atoms with Gasteiger partial charge in [-0.2, -0.15) is 4.68 Å². The molecule has 0 aliphatic heterocycles. The molecular formula is C22H27N5O3. The van der Waals surface area contributed by atoms with Crippen LogP contribution < -0.4 is 5.32 Å². The van der Waals surface area contributed by atoms with Crippen molar-refractivity contribution in [2.45, 2.75) is 33.4 Å². The molecular weight excluding hydrogens is 382 g/mol. The molecule has 1 unspecified atom stereocenters. The van der Waals surface area contributed by atoms with Crippen molar-refractivity contribution in [3.8, 4) is 16.8 Å². The van der Waals surface area contributed by atoms with E-state index >= 15 is 0 Å². The standard InChI is InChI=1S/C22H27N5O3/c1-5-30-14-21-24-25-26-27(21)20-11-18(17-8-6-15(2)7-9-17)10-19(12-20)22(28)23-16(3)13-29-4/h6-12,16H,5,13-14H2,1-4H3,(H,23,28). The number of carbonyl (C=O) groups is 1. The summed E-state index contributed by atoms with van der Waals surface area (Å²) < 4.78 is 12.2. The van der Waals surface area contributed by atoms with Crippen molar-refractivity contribution in [1.82, 2.24) is 25.5 Å². The molecule has 0 aliphatic carbocycles. The van der Waals surface area contributed by atoms with Crippen LogP contribution in [-0.2, 0) is 16.1 Å². The molecule has 30 heavy (non-hydrogen) atoms. The largest absolute Gasteiger partial charge is 0.383 e. The van der Waals surface area contributed by atoms with Gasteiger partial charge in [-0.05, 0) is 60.5 Å². The second-order valence-corrected chi connectivity index (χ2v) is 7.11. The molecule has 3 rings (SSSR count). The van der Waals surface area contributed by atoms with Gasteiger partial charge >= 0.3 is 0 Å². The van der Waals surface area contributed by atoms with E-state index in [9.17, 15) is 4.79 Å². The summed E-state index contributed by atoms with van der Waals surface area (Å²) in [5.41, 5.74) is 4.28. The van der Waals surface area contributed by atoms with Gasteiger partial charge in [0.2, 0.25) is 0 Å². The van der Waals surface area contributed by atoms with E-state index < -0.39 is 0 Å². The number of tetrazole rings is 1. The lowest BCUT2D eigenvalue weighted by atomic mass is 10.0. The third-order valence-electron chi connectivity index (χ3n) is 4.57. The van der Waals surface area contributed by atoms with Gasteiger partial charge in [0.1, 0.15) is 6.61 Å². The third-order valence-corrected chi connectivity index (χ3v) is 4.57. The van der Waals surface area contributed by atoms with E-state index in [2.05, 4.69) is 20.8 Å². The molecule has 0 saturated heterocycles. The average molecular weight is 409 g/mol. The molecule has 0 aliphatic rings.